The normalized spacial score (nSPS) is 20.8. The zero-order chi connectivity index (χ0) is 11.1. The van der Waals surface area contributed by atoms with Crippen LogP contribution in [0.15, 0.2) is 0 Å². The monoisotopic (exact) mass is 230 g/mol. The molecule has 1 fully saturated rings. The summed E-state index contributed by atoms with van der Waals surface area (Å²) in [6, 6.07) is 0. The molecule has 0 amide bonds. The zero-order valence-corrected chi connectivity index (χ0v) is 11.1. The Bertz CT molecular complexity index is 153. The molecule has 1 rings (SSSR count). The van der Waals surface area contributed by atoms with Crippen molar-refractivity contribution in [1.29, 1.82) is 0 Å². The molecule has 1 nitrogen and oxygen atoms in total. The van der Waals surface area contributed by atoms with Crippen LogP contribution < -0.4 is 0 Å². The highest BCUT2D eigenvalue weighted by atomic mass is 32.2. The average molecular weight is 230 g/mol. The second kappa shape index (κ2) is 7.56. The van der Waals surface area contributed by atoms with E-state index in [0.717, 1.165) is 24.7 Å². The summed E-state index contributed by atoms with van der Waals surface area (Å²) in [5, 5.41) is 9.91. The van der Waals surface area contributed by atoms with Crippen LogP contribution in [0.4, 0.5) is 0 Å². The van der Waals surface area contributed by atoms with Gasteiger partial charge in [0.15, 0.2) is 0 Å². The highest BCUT2D eigenvalue weighted by molar-refractivity contribution is 7.99. The third kappa shape index (κ3) is 6.47. The maximum atomic E-state index is 9.91. The number of rotatable bonds is 6. The van der Waals surface area contributed by atoms with Crippen molar-refractivity contribution in [2.24, 2.45) is 11.8 Å². The molecule has 1 unspecified atom stereocenters. The van der Waals surface area contributed by atoms with Gasteiger partial charge in [0, 0.05) is 0 Å². The quantitative estimate of drug-likeness (QED) is 0.750. The van der Waals surface area contributed by atoms with Gasteiger partial charge in [0.05, 0.1) is 6.10 Å². The van der Waals surface area contributed by atoms with Crippen molar-refractivity contribution < 1.29 is 5.11 Å². The Hall–Kier alpha value is 0.310. The molecule has 0 spiro atoms. The largest absolute Gasteiger partial charge is 0.393 e. The summed E-state index contributed by atoms with van der Waals surface area (Å²) in [6.45, 7) is 4.51. The number of aliphatic hydroxyl groups excluding tert-OH is 1. The predicted molar refractivity (Wildman–Crippen MR) is 69.4 cm³/mol. The van der Waals surface area contributed by atoms with E-state index in [-0.39, 0.29) is 6.10 Å². The summed E-state index contributed by atoms with van der Waals surface area (Å²) in [4.78, 5) is 0. The Kier molecular flexibility index (Phi) is 6.74. The lowest BCUT2D eigenvalue weighted by Gasteiger charge is -2.23. The first-order valence-electron chi connectivity index (χ1n) is 6.44. The molecule has 0 bridgehead atoms. The lowest BCUT2D eigenvalue weighted by Crippen LogP contribution is -2.17. The van der Waals surface area contributed by atoms with Crippen LogP contribution >= 0.6 is 11.8 Å². The minimum atomic E-state index is -0.0307. The Labute approximate surface area is 99.0 Å². The molecular weight excluding hydrogens is 204 g/mol. The van der Waals surface area contributed by atoms with Crippen LogP contribution in [-0.4, -0.2) is 22.7 Å². The van der Waals surface area contributed by atoms with Crippen LogP contribution in [0.5, 0.6) is 0 Å². The summed E-state index contributed by atoms with van der Waals surface area (Å²) < 4.78 is 0. The molecule has 0 saturated carbocycles. The van der Waals surface area contributed by atoms with Gasteiger partial charge in [0.2, 0.25) is 0 Å². The topological polar surface area (TPSA) is 20.2 Å². The molecule has 2 heteroatoms. The molecule has 0 radical (unpaired) electrons. The maximum absolute atomic E-state index is 9.91. The van der Waals surface area contributed by atoms with E-state index in [4.69, 9.17) is 0 Å². The van der Waals surface area contributed by atoms with Gasteiger partial charge in [-0.2, -0.15) is 11.8 Å². The second-order valence-electron chi connectivity index (χ2n) is 5.27. The van der Waals surface area contributed by atoms with Crippen molar-refractivity contribution in [1.82, 2.24) is 0 Å². The smallest absolute Gasteiger partial charge is 0.0542 e. The van der Waals surface area contributed by atoms with E-state index in [1.165, 1.54) is 37.2 Å². The maximum Gasteiger partial charge on any atom is 0.0542 e. The molecule has 0 aromatic rings. The first kappa shape index (κ1) is 13.4. The van der Waals surface area contributed by atoms with E-state index in [0.29, 0.717) is 0 Å². The number of hydrogen-bond donors (Lipinski definition) is 1. The van der Waals surface area contributed by atoms with E-state index < -0.39 is 0 Å². The van der Waals surface area contributed by atoms with Crippen LogP contribution in [-0.2, 0) is 0 Å². The Morgan fingerprint density at radius 3 is 2.47 bits per heavy atom. The molecule has 0 aromatic heterocycles. The Morgan fingerprint density at radius 1 is 1.20 bits per heavy atom. The number of thioether (sulfide) groups is 1. The van der Waals surface area contributed by atoms with E-state index >= 15 is 0 Å². The first-order chi connectivity index (χ1) is 7.18. The van der Waals surface area contributed by atoms with Crippen LogP contribution in [0.2, 0.25) is 0 Å². The summed E-state index contributed by atoms with van der Waals surface area (Å²) >= 11 is 2.07. The molecule has 0 aliphatic carbocycles. The molecule has 1 N–H and O–H groups in total. The van der Waals surface area contributed by atoms with Gasteiger partial charge in [-0.25, -0.2) is 0 Å². The van der Waals surface area contributed by atoms with Crippen LogP contribution in [0.25, 0.3) is 0 Å². The van der Waals surface area contributed by atoms with Gasteiger partial charge in [-0.05, 0) is 49.0 Å². The molecular formula is C13H26OS. The van der Waals surface area contributed by atoms with E-state index in [1.807, 2.05) is 0 Å². The summed E-state index contributed by atoms with van der Waals surface area (Å²) in [5.74, 6) is 4.20. The molecule has 90 valence electrons. The molecule has 1 aliphatic heterocycles. The van der Waals surface area contributed by atoms with Crippen molar-refractivity contribution in [3.05, 3.63) is 0 Å². The molecule has 1 atom stereocenters. The number of hydrogen-bond acceptors (Lipinski definition) is 2. The molecule has 1 aliphatic rings. The van der Waals surface area contributed by atoms with Crippen molar-refractivity contribution in [2.45, 2.75) is 58.5 Å². The van der Waals surface area contributed by atoms with Gasteiger partial charge in [0.25, 0.3) is 0 Å². The van der Waals surface area contributed by atoms with Crippen molar-refractivity contribution in [3.8, 4) is 0 Å². The van der Waals surface area contributed by atoms with Gasteiger partial charge in [-0.3, -0.25) is 0 Å². The van der Waals surface area contributed by atoms with E-state index in [9.17, 15) is 5.11 Å². The van der Waals surface area contributed by atoms with Gasteiger partial charge < -0.3 is 5.11 Å². The minimum absolute atomic E-state index is 0.0307. The zero-order valence-electron chi connectivity index (χ0n) is 10.2. The highest BCUT2D eigenvalue weighted by Gasteiger charge is 2.17. The SMILES string of the molecule is CC(C)CCCC(O)CC1CCSCC1. The Balaban J connectivity index is 2.03. The summed E-state index contributed by atoms with van der Waals surface area (Å²) in [7, 11) is 0. The Morgan fingerprint density at radius 2 is 1.87 bits per heavy atom. The van der Waals surface area contributed by atoms with Crippen LogP contribution in [0.3, 0.4) is 0 Å². The molecule has 15 heavy (non-hydrogen) atoms. The van der Waals surface area contributed by atoms with Crippen molar-refractivity contribution in [3.63, 3.8) is 0 Å². The van der Waals surface area contributed by atoms with Crippen molar-refractivity contribution >= 4 is 11.8 Å². The fraction of sp³-hybridized carbons (Fsp3) is 1.00. The van der Waals surface area contributed by atoms with Crippen LogP contribution in [0, 0.1) is 11.8 Å². The van der Waals surface area contributed by atoms with Crippen LogP contribution in [0.1, 0.15) is 52.4 Å². The predicted octanol–water partition coefficient (Wildman–Crippen LogP) is 3.71. The van der Waals surface area contributed by atoms with Gasteiger partial charge in [0.1, 0.15) is 0 Å². The van der Waals surface area contributed by atoms with Gasteiger partial charge >= 0.3 is 0 Å². The second-order valence-corrected chi connectivity index (χ2v) is 6.49. The van der Waals surface area contributed by atoms with Gasteiger partial charge in [-0.15, -0.1) is 0 Å². The van der Waals surface area contributed by atoms with Gasteiger partial charge in [-0.1, -0.05) is 26.7 Å². The number of aliphatic hydroxyl groups is 1. The fourth-order valence-electron chi connectivity index (χ4n) is 2.25. The van der Waals surface area contributed by atoms with Crippen molar-refractivity contribution in [2.75, 3.05) is 11.5 Å². The summed E-state index contributed by atoms with van der Waals surface area (Å²) in [6.07, 6.45) is 7.15. The summed E-state index contributed by atoms with van der Waals surface area (Å²) in [5.41, 5.74) is 0. The van der Waals surface area contributed by atoms with E-state index in [2.05, 4.69) is 25.6 Å². The lowest BCUT2D eigenvalue weighted by molar-refractivity contribution is 0.126. The van der Waals surface area contributed by atoms with E-state index in [1.54, 1.807) is 0 Å². The standard InChI is InChI=1S/C13H26OS/c1-11(2)4-3-5-13(14)10-12-6-8-15-9-7-12/h11-14H,3-10H2,1-2H3. The fourth-order valence-corrected chi connectivity index (χ4v) is 3.45. The molecule has 1 heterocycles. The third-order valence-electron chi connectivity index (χ3n) is 3.27. The minimum Gasteiger partial charge on any atom is -0.393 e. The average Bonchev–Trinajstić information content (AvgIpc) is 2.18. The first-order valence-corrected chi connectivity index (χ1v) is 7.59. The lowest BCUT2D eigenvalue weighted by atomic mass is 9.93. The molecule has 0 aromatic carbocycles. The highest BCUT2D eigenvalue weighted by Crippen LogP contribution is 2.27. The third-order valence-corrected chi connectivity index (χ3v) is 4.31. The molecule has 1 saturated heterocycles.